The first-order chi connectivity index (χ1) is 12.6. The van der Waals surface area contributed by atoms with E-state index in [0.717, 1.165) is 4.47 Å². The van der Waals surface area contributed by atoms with Crippen LogP contribution in [0, 0.1) is 0 Å². The van der Waals surface area contributed by atoms with Crippen molar-refractivity contribution in [3.8, 4) is 5.75 Å². The molecule has 1 heterocycles. The summed E-state index contributed by atoms with van der Waals surface area (Å²) in [4.78, 5) is 26.7. The van der Waals surface area contributed by atoms with Crippen molar-refractivity contribution in [2.75, 3.05) is 18.5 Å². The molecule has 144 valence electrons. The molecule has 0 atom stereocenters. The minimum absolute atomic E-state index is 0.281. The van der Waals surface area contributed by atoms with Crippen molar-refractivity contribution in [3.05, 3.63) is 51.6 Å². The molecule has 0 aliphatic carbocycles. The number of alkyl halides is 3. The average molecular weight is 468 g/mol. The molecule has 1 aromatic heterocycles. The van der Waals surface area contributed by atoms with Crippen LogP contribution >= 0.6 is 27.5 Å². The molecule has 1 amide bonds. The van der Waals surface area contributed by atoms with Crippen LogP contribution in [-0.2, 0) is 20.5 Å². The van der Waals surface area contributed by atoms with E-state index in [1.807, 2.05) is 0 Å². The number of hydrogen-bond acceptors (Lipinski definition) is 5. The van der Waals surface area contributed by atoms with Crippen LogP contribution in [0.1, 0.15) is 5.56 Å². The second-order valence-electron chi connectivity index (χ2n) is 5.00. The highest BCUT2D eigenvalue weighted by molar-refractivity contribution is 9.10. The molecule has 2 rings (SSSR count). The van der Waals surface area contributed by atoms with Crippen molar-refractivity contribution < 1.29 is 32.2 Å². The summed E-state index contributed by atoms with van der Waals surface area (Å²) in [5.74, 6) is -1.47. The molecule has 0 unspecified atom stereocenters. The van der Waals surface area contributed by atoms with E-state index >= 15 is 0 Å². The van der Waals surface area contributed by atoms with Gasteiger partial charge in [0.05, 0.1) is 10.6 Å². The lowest BCUT2D eigenvalue weighted by atomic mass is 10.3. The third-order valence-corrected chi connectivity index (χ3v) is 3.78. The van der Waals surface area contributed by atoms with Gasteiger partial charge in [0.15, 0.2) is 19.0 Å². The number of carbonyl (C=O) groups is 2. The van der Waals surface area contributed by atoms with E-state index in [-0.39, 0.29) is 5.82 Å². The van der Waals surface area contributed by atoms with Gasteiger partial charge < -0.3 is 14.8 Å². The van der Waals surface area contributed by atoms with E-state index in [1.165, 1.54) is 0 Å². The third-order valence-electron chi connectivity index (χ3n) is 2.96. The van der Waals surface area contributed by atoms with Gasteiger partial charge in [-0.15, -0.1) is 0 Å². The fourth-order valence-electron chi connectivity index (χ4n) is 1.71. The highest BCUT2D eigenvalue weighted by Crippen LogP contribution is 2.32. The number of nitrogens with zero attached hydrogens (tertiary/aromatic N) is 1. The highest BCUT2D eigenvalue weighted by atomic mass is 79.9. The lowest BCUT2D eigenvalue weighted by Gasteiger charge is -2.10. The topological polar surface area (TPSA) is 77.5 Å². The normalized spacial score (nSPS) is 11.0. The van der Waals surface area contributed by atoms with E-state index < -0.39 is 41.9 Å². The lowest BCUT2D eigenvalue weighted by molar-refractivity contribution is -0.149. The lowest BCUT2D eigenvalue weighted by Crippen LogP contribution is -2.24. The number of anilines is 1. The Labute approximate surface area is 164 Å². The van der Waals surface area contributed by atoms with Gasteiger partial charge in [0, 0.05) is 10.7 Å². The van der Waals surface area contributed by atoms with Gasteiger partial charge >= 0.3 is 12.1 Å². The maximum Gasteiger partial charge on any atom is 0.417 e. The number of hydrogen-bond donors (Lipinski definition) is 1. The number of amides is 1. The summed E-state index contributed by atoms with van der Waals surface area (Å²) in [6.45, 7) is -1.10. The summed E-state index contributed by atoms with van der Waals surface area (Å²) in [5.41, 5.74) is -1.05. The molecule has 6 nitrogen and oxygen atoms in total. The summed E-state index contributed by atoms with van der Waals surface area (Å²) < 4.78 is 48.3. The largest absolute Gasteiger partial charge is 0.482 e. The first-order valence-corrected chi connectivity index (χ1v) is 8.39. The molecular formula is C16H11BrClF3N2O4. The van der Waals surface area contributed by atoms with Crippen LogP contribution in [0.4, 0.5) is 19.0 Å². The molecule has 1 N–H and O–H groups in total. The van der Waals surface area contributed by atoms with Crippen molar-refractivity contribution in [1.29, 1.82) is 0 Å². The van der Waals surface area contributed by atoms with Gasteiger partial charge in [-0.2, -0.15) is 13.2 Å². The Bertz CT molecular complexity index is 831. The van der Waals surface area contributed by atoms with E-state index in [4.69, 9.17) is 21.1 Å². The molecule has 0 aliphatic rings. The first kappa shape index (κ1) is 21.0. The van der Waals surface area contributed by atoms with Crippen LogP contribution in [0.15, 0.2) is 41.0 Å². The zero-order valence-electron chi connectivity index (χ0n) is 13.3. The number of aromatic nitrogens is 1. The van der Waals surface area contributed by atoms with Crippen LogP contribution in [0.5, 0.6) is 5.75 Å². The fourth-order valence-corrected chi connectivity index (χ4v) is 2.19. The minimum Gasteiger partial charge on any atom is -0.482 e. The number of halogens is 5. The number of esters is 1. The molecule has 27 heavy (non-hydrogen) atoms. The maximum absolute atomic E-state index is 12.5. The van der Waals surface area contributed by atoms with Gasteiger partial charge in [-0.3, -0.25) is 4.79 Å². The highest BCUT2D eigenvalue weighted by Gasteiger charge is 2.31. The Kier molecular flexibility index (Phi) is 7.03. The quantitative estimate of drug-likeness (QED) is 0.648. The van der Waals surface area contributed by atoms with Gasteiger partial charge in [0.2, 0.25) is 0 Å². The molecule has 0 fully saturated rings. The van der Waals surface area contributed by atoms with Gasteiger partial charge in [-0.1, -0.05) is 27.5 Å². The van der Waals surface area contributed by atoms with Crippen LogP contribution in [-0.4, -0.2) is 30.1 Å². The van der Waals surface area contributed by atoms with Crippen molar-refractivity contribution in [2.24, 2.45) is 0 Å². The van der Waals surface area contributed by atoms with E-state index in [2.05, 4.69) is 26.2 Å². The van der Waals surface area contributed by atoms with Gasteiger partial charge in [0.1, 0.15) is 5.75 Å². The van der Waals surface area contributed by atoms with E-state index in [0.29, 0.717) is 18.0 Å². The third kappa shape index (κ3) is 6.72. The van der Waals surface area contributed by atoms with Crippen molar-refractivity contribution in [2.45, 2.75) is 6.18 Å². The number of ether oxygens (including phenoxy) is 2. The number of nitrogens with one attached hydrogen (secondary N) is 1. The van der Waals surface area contributed by atoms with Crippen molar-refractivity contribution in [3.63, 3.8) is 0 Å². The predicted octanol–water partition coefficient (Wildman–Crippen LogP) is 4.08. The van der Waals surface area contributed by atoms with Crippen molar-refractivity contribution >= 4 is 45.2 Å². The summed E-state index contributed by atoms with van der Waals surface area (Å²) in [6.07, 6.45) is -4.08. The molecule has 0 bridgehead atoms. The Morgan fingerprint density at radius 2 is 1.85 bits per heavy atom. The molecular weight excluding hydrogens is 457 g/mol. The Morgan fingerprint density at radius 3 is 2.44 bits per heavy atom. The molecule has 0 radical (unpaired) electrons. The molecule has 0 aliphatic heterocycles. The number of pyridine rings is 1. The second-order valence-corrected chi connectivity index (χ2v) is 6.33. The second kappa shape index (κ2) is 9.05. The molecule has 1 aromatic carbocycles. The maximum atomic E-state index is 12.5. The van der Waals surface area contributed by atoms with E-state index in [1.54, 1.807) is 24.3 Å². The summed E-state index contributed by atoms with van der Waals surface area (Å²) in [7, 11) is 0. The molecule has 0 saturated carbocycles. The standard InChI is InChI=1S/C16H11BrClF3N2O4/c17-10-1-3-11(4-2-10)26-8-14(25)27-7-13(24)23-15-12(18)5-9(6-22-15)16(19,20)21/h1-6H,7-8H2,(H,22,23,24). The number of carbonyl (C=O) groups excluding carboxylic acids is 2. The molecule has 11 heteroatoms. The molecule has 0 saturated heterocycles. The van der Waals surface area contributed by atoms with Crippen molar-refractivity contribution in [1.82, 2.24) is 4.98 Å². The van der Waals surface area contributed by atoms with E-state index in [9.17, 15) is 22.8 Å². The SMILES string of the molecule is O=C(COC(=O)COc1ccc(Br)cc1)Nc1ncc(C(F)(F)F)cc1Cl. The zero-order chi connectivity index (χ0) is 20.0. The van der Waals surface area contributed by atoms with Gasteiger partial charge in [0.25, 0.3) is 5.91 Å². The van der Waals surface area contributed by atoms with Gasteiger partial charge in [-0.25, -0.2) is 9.78 Å². The smallest absolute Gasteiger partial charge is 0.417 e. The Hall–Kier alpha value is -2.33. The molecule has 0 spiro atoms. The minimum atomic E-state index is -4.61. The fraction of sp³-hybridized carbons (Fsp3) is 0.188. The van der Waals surface area contributed by atoms with Crippen LogP contribution in [0.3, 0.4) is 0 Å². The zero-order valence-corrected chi connectivity index (χ0v) is 15.7. The predicted molar refractivity (Wildman–Crippen MR) is 93.5 cm³/mol. The first-order valence-electron chi connectivity index (χ1n) is 7.22. The Balaban J connectivity index is 1.80. The average Bonchev–Trinajstić information content (AvgIpc) is 2.60. The number of rotatable bonds is 6. The van der Waals surface area contributed by atoms with Crippen LogP contribution in [0.25, 0.3) is 0 Å². The summed E-state index contributed by atoms with van der Waals surface area (Å²) in [6, 6.07) is 7.32. The Morgan fingerprint density at radius 1 is 1.19 bits per heavy atom. The monoisotopic (exact) mass is 466 g/mol. The van der Waals surface area contributed by atoms with Gasteiger partial charge in [-0.05, 0) is 30.3 Å². The summed E-state index contributed by atoms with van der Waals surface area (Å²) in [5, 5.41) is 1.75. The van der Waals surface area contributed by atoms with Crippen LogP contribution in [0.2, 0.25) is 5.02 Å². The molecule has 2 aromatic rings. The number of benzene rings is 1. The van der Waals surface area contributed by atoms with Crippen LogP contribution < -0.4 is 10.1 Å². The summed E-state index contributed by atoms with van der Waals surface area (Å²) >= 11 is 8.91.